The molecular weight excluding hydrogens is 402 g/mol. The number of benzene rings is 1. The van der Waals surface area contributed by atoms with E-state index in [1.54, 1.807) is 6.07 Å². The maximum Gasteiger partial charge on any atom is 0.387 e. The zero-order valence-corrected chi connectivity index (χ0v) is 16.3. The molecule has 3 N–H and O–H groups in total. The number of hydrogen-bond acceptors (Lipinski definition) is 4. The molecule has 0 bridgehead atoms. The van der Waals surface area contributed by atoms with Crippen molar-refractivity contribution >= 4 is 17.2 Å². The number of aliphatic hydroxyl groups excluding tert-OH is 1. The molecule has 0 spiro atoms. The van der Waals surface area contributed by atoms with Gasteiger partial charge >= 0.3 is 6.61 Å². The van der Waals surface area contributed by atoms with Crippen LogP contribution in [0.1, 0.15) is 48.4 Å². The van der Waals surface area contributed by atoms with Crippen LogP contribution in [0.3, 0.4) is 0 Å². The van der Waals surface area contributed by atoms with E-state index in [4.69, 9.17) is 11.6 Å². The molecule has 5 nitrogen and oxygen atoms in total. The van der Waals surface area contributed by atoms with E-state index < -0.39 is 12.8 Å². The topological polar surface area (TPSA) is 74.4 Å². The van der Waals surface area contributed by atoms with Gasteiger partial charge in [-0.15, -0.1) is 0 Å². The van der Waals surface area contributed by atoms with Crippen LogP contribution in [0.15, 0.2) is 41.2 Å². The van der Waals surface area contributed by atoms with E-state index >= 15 is 0 Å². The van der Waals surface area contributed by atoms with Crippen molar-refractivity contribution in [1.29, 1.82) is 0 Å². The van der Waals surface area contributed by atoms with Crippen LogP contribution < -0.4 is 15.6 Å². The number of H-pyrrole nitrogens is 1. The van der Waals surface area contributed by atoms with Gasteiger partial charge in [-0.2, -0.15) is 8.78 Å². The third-order valence-corrected chi connectivity index (χ3v) is 5.54. The number of aromatic amines is 1. The maximum absolute atomic E-state index is 12.7. The second-order valence-electron chi connectivity index (χ2n) is 7.40. The minimum atomic E-state index is -3.00. The molecule has 2 aromatic rings. The third-order valence-electron chi connectivity index (χ3n) is 5.23. The molecule has 1 saturated heterocycles. The Hall–Kier alpha value is -2.22. The Morgan fingerprint density at radius 1 is 1.21 bits per heavy atom. The highest BCUT2D eigenvalue weighted by Crippen LogP contribution is 2.38. The molecular formula is C21H21ClF2N2O3. The lowest BCUT2D eigenvalue weighted by Gasteiger charge is -2.15. The first-order valence-electron chi connectivity index (χ1n) is 9.55. The van der Waals surface area contributed by atoms with Gasteiger partial charge in [0.2, 0.25) is 0 Å². The zero-order chi connectivity index (χ0) is 20.5. The molecule has 8 heteroatoms. The summed E-state index contributed by atoms with van der Waals surface area (Å²) in [5.74, 6) is 0.176. The first kappa shape index (κ1) is 20.1. The number of ether oxygens (including phenoxy) is 1. The maximum atomic E-state index is 12.7. The number of aromatic nitrogens is 1. The van der Waals surface area contributed by atoms with Gasteiger partial charge in [0.25, 0.3) is 5.56 Å². The molecule has 2 heterocycles. The van der Waals surface area contributed by atoms with Gasteiger partial charge in [0.1, 0.15) is 12.0 Å². The summed E-state index contributed by atoms with van der Waals surface area (Å²) in [5, 5.41) is 12.9. The number of aliphatic hydroxyl groups is 1. The van der Waals surface area contributed by atoms with E-state index in [-0.39, 0.29) is 22.4 Å². The van der Waals surface area contributed by atoms with Crippen molar-refractivity contribution in [2.75, 3.05) is 0 Å². The molecule has 1 aliphatic heterocycles. The summed E-state index contributed by atoms with van der Waals surface area (Å²) in [6.07, 6.45) is 4.63. The van der Waals surface area contributed by atoms with Crippen molar-refractivity contribution in [3.63, 3.8) is 0 Å². The Morgan fingerprint density at radius 2 is 2.00 bits per heavy atom. The fourth-order valence-electron chi connectivity index (χ4n) is 3.64. The highest BCUT2D eigenvalue weighted by molar-refractivity contribution is 6.32. The Morgan fingerprint density at radius 3 is 2.62 bits per heavy atom. The minimum absolute atomic E-state index is 0.0698. The number of hydrogen-bond donors (Lipinski definition) is 3. The smallest absolute Gasteiger partial charge is 0.387 e. The standard InChI is InChI=1S/C21H21ClF2N2O3/c22-16-6-3-12(9-18(16)29-21(23)24)15(10-13-4-8-19(27)25-13)17-7-5-14(11-1-2-11)20(28)26-17/h3,5-7,9-11,13,19,21,25,27H,1-2,4,8H2,(H,26,28)/b15-10+/t13-,19?/m1/s1. The molecule has 4 rings (SSSR count). The van der Waals surface area contributed by atoms with Crippen LogP contribution >= 0.6 is 11.6 Å². The van der Waals surface area contributed by atoms with E-state index in [1.807, 2.05) is 18.2 Å². The number of nitrogens with one attached hydrogen (secondary N) is 2. The summed E-state index contributed by atoms with van der Waals surface area (Å²) in [4.78, 5) is 15.4. The molecule has 154 valence electrons. The van der Waals surface area contributed by atoms with Crippen LogP contribution in [-0.4, -0.2) is 29.0 Å². The third kappa shape index (κ3) is 4.69. The Balaban J connectivity index is 1.76. The van der Waals surface area contributed by atoms with Crippen molar-refractivity contribution in [2.24, 2.45) is 0 Å². The zero-order valence-electron chi connectivity index (χ0n) is 15.5. The van der Waals surface area contributed by atoms with E-state index in [0.717, 1.165) is 18.4 Å². The fraction of sp³-hybridized carbons (Fsp3) is 0.381. The molecule has 1 aromatic carbocycles. The molecule has 1 aromatic heterocycles. The summed E-state index contributed by atoms with van der Waals surface area (Å²) in [7, 11) is 0. The van der Waals surface area contributed by atoms with E-state index in [0.29, 0.717) is 35.6 Å². The molecule has 0 radical (unpaired) electrons. The predicted molar refractivity (Wildman–Crippen MR) is 106 cm³/mol. The van der Waals surface area contributed by atoms with Gasteiger partial charge in [0.15, 0.2) is 0 Å². The normalized spacial score (nSPS) is 22.3. The Kier molecular flexibility index (Phi) is 5.72. The monoisotopic (exact) mass is 422 g/mol. The summed E-state index contributed by atoms with van der Waals surface area (Å²) in [5.41, 5.74) is 2.40. The highest BCUT2D eigenvalue weighted by atomic mass is 35.5. The molecule has 0 amide bonds. The number of halogens is 3. The summed E-state index contributed by atoms with van der Waals surface area (Å²) >= 11 is 5.99. The molecule has 2 fully saturated rings. The van der Waals surface area contributed by atoms with Gasteiger partial charge in [-0.25, -0.2) is 0 Å². The summed E-state index contributed by atoms with van der Waals surface area (Å²) in [6, 6.07) is 8.12. The average molecular weight is 423 g/mol. The largest absolute Gasteiger partial charge is 0.433 e. The first-order valence-corrected chi connectivity index (χ1v) is 9.93. The lowest BCUT2D eigenvalue weighted by atomic mass is 9.98. The van der Waals surface area contributed by atoms with Gasteiger partial charge in [-0.3, -0.25) is 10.1 Å². The van der Waals surface area contributed by atoms with Crippen LogP contribution in [0.25, 0.3) is 5.57 Å². The summed E-state index contributed by atoms with van der Waals surface area (Å²) in [6.45, 7) is -3.00. The van der Waals surface area contributed by atoms with Crippen LogP contribution in [0.4, 0.5) is 8.78 Å². The van der Waals surface area contributed by atoms with Crippen molar-refractivity contribution in [2.45, 2.75) is 50.5 Å². The van der Waals surface area contributed by atoms with Crippen LogP contribution in [0, 0.1) is 0 Å². The van der Waals surface area contributed by atoms with Gasteiger partial charge < -0.3 is 14.8 Å². The fourth-order valence-corrected chi connectivity index (χ4v) is 3.80. The predicted octanol–water partition coefficient (Wildman–Crippen LogP) is 4.01. The SMILES string of the molecule is O=c1[nH]c(/C(=C/[C@H]2CCC(O)N2)c2ccc(Cl)c(OC(F)F)c2)ccc1C1CC1. The van der Waals surface area contributed by atoms with Crippen molar-refractivity contribution in [1.82, 2.24) is 10.3 Å². The van der Waals surface area contributed by atoms with Gasteiger partial charge in [-0.1, -0.05) is 29.8 Å². The van der Waals surface area contributed by atoms with Gasteiger partial charge in [-0.05, 0) is 55.4 Å². The van der Waals surface area contributed by atoms with Gasteiger partial charge in [0.05, 0.1) is 5.02 Å². The molecule has 2 aliphatic rings. The van der Waals surface area contributed by atoms with Crippen molar-refractivity contribution in [3.05, 3.63) is 68.6 Å². The minimum Gasteiger partial charge on any atom is -0.433 e. The lowest BCUT2D eigenvalue weighted by molar-refractivity contribution is -0.0497. The van der Waals surface area contributed by atoms with Crippen LogP contribution in [-0.2, 0) is 0 Å². The molecule has 29 heavy (non-hydrogen) atoms. The highest BCUT2D eigenvalue weighted by Gasteiger charge is 2.27. The second-order valence-corrected chi connectivity index (χ2v) is 7.81. The molecule has 1 saturated carbocycles. The van der Waals surface area contributed by atoms with E-state index in [1.165, 1.54) is 12.1 Å². The first-order chi connectivity index (χ1) is 13.9. The molecule has 1 aliphatic carbocycles. The number of pyridine rings is 1. The Bertz CT molecular complexity index is 988. The van der Waals surface area contributed by atoms with Gasteiger partial charge in [0, 0.05) is 22.9 Å². The summed E-state index contributed by atoms with van der Waals surface area (Å²) < 4.78 is 30.0. The average Bonchev–Trinajstić information content (AvgIpc) is 3.43. The number of alkyl halides is 2. The van der Waals surface area contributed by atoms with E-state index in [2.05, 4.69) is 15.0 Å². The quantitative estimate of drug-likeness (QED) is 0.657. The Labute approximate surface area is 171 Å². The number of rotatable bonds is 6. The molecule has 2 atom stereocenters. The van der Waals surface area contributed by atoms with E-state index in [9.17, 15) is 18.7 Å². The molecule has 1 unspecified atom stereocenters. The lowest BCUT2D eigenvalue weighted by Crippen LogP contribution is -2.27. The second kappa shape index (κ2) is 8.26. The van der Waals surface area contributed by atoms with Crippen molar-refractivity contribution in [3.8, 4) is 5.75 Å². The van der Waals surface area contributed by atoms with Crippen LogP contribution in [0.2, 0.25) is 5.02 Å². The van der Waals surface area contributed by atoms with Crippen molar-refractivity contribution < 1.29 is 18.6 Å². The van der Waals surface area contributed by atoms with Crippen LogP contribution in [0.5, 0.6) is 5.75 Å².